The number of carbonyl (C=O) groups is 1. The summed E-state index contributed by atoms with van der Waals surface area (Å²) >= 11 is 1.52. The molecule has 1 fully saturated rings. The van der Waals surface area contributed by atoms with Crippen LogP contribution in [0.4, 0.5) is 4.79 Å². The predicted molar refractivity (Wildman–Crippen MR) is 105 cm³/mol. The average Bonchev–Trinajstić information content (AvgIpc) is 3.27. The summed E-state index contributed by atoms with van der Waals surface area (Å²) in [6.45, 7) is 6.30. The van der Waals surface area contributed by atoms with Crippen molar-refractivity contribution in [3.63, 3.8) is 0 Å². The van der Waals surface area contributed by atoms with E-state index in [2.05, 4.69) is 27.8 Å². The Morgan fingerprint density at radius 1 is 1.26 bits per heavy atom. The highest BCUT2D eigenvalue weighted by molar-refractivity contribution is 8.02. The summed E-state index contributed by atoms with van der Waals surface area (Å²) in [7, 11) is 0. The summed E-state index contributed by atoms with van der Waals surface area (Å²) in [6, 6.07) is 9.96. The van der Waals surface area contributed by atoms with Crippen LogP contribution in [0.5, 0.6) is 0 Å². The SMILES string of the molecule is CC(C)(C)OC(=O)N1CCC[C@@H]1c1nnc2n1NC(c1ccccc1)=CS2. The number of carbonyl (C=O) groups excluding carboxylic acids is 1. The lowest BCUT2D eigenvalue weighted by Crippen LogP contribution is -2.37. The summed E-state index contributed by atoms with van der Waals surface area (Å²) < 4.78 is 7.47. The van der Waals surface area contributed by atoms with Crippen molar-refractivity contribution < 1.29 is 9.53 Å². The minimum absolute atomic E-state index is 0.149. The number of benzene rings is 1. The van der Waals surface area contributed by atoms with E-state index in [1.54, 1.807) is 4.90 Å². The first-order chi connectivity index (χ1) is 12.9. The van der Waals surface area contributed by atoms with Crippen molar-refractivity contribution in [1.82, 2.24) is 19.8 Å². The monoisotopic (exact) mass is 385 g/mol. The maximum absolute atomic E-state index is 12.6. The van der Waals surface area contributed by atoms with Gasteiger partial charge < -0.3 is 4.74 Å². The van der Waals surface area contributed by atoms with Gasteiger partial charge in [0.2, 0.25) is 5.16 Å². The normalized spacial score (nSPS) is 19.3. The lowest BCUT2D eigenvalue weighted by molar-refractivity contribution is 0.0216. The highest BCUT2D eigenvalue weighted by Gasteiger charge is 2.37. The molecule has 2 aliphatic rings. The van der Waals surface area contributed by atoms with E-state index >= 15 is 0 Å². The molecule has 1 atom stereocenters. The second kappa shape index (κ2) is 6.92. The number of rotatable bonds is 2. The zero-order valence-corrected chi connectivity index (χ0v) is 16.5. The molecule has 0 spiro atoms. The first kappa shape index (κ1) is 17.9. The van der Waals surface area contributed by atoms with Crippen molar-refractivity contribution in [2.75, 3.05) is 12.0 Å². The van der Waals surface area contributed by atoms with Gasteiger partial charge in [-0.1, -0.05) is 42.1 Å². The first-order valence-corrected chi connectivity index (χ1v) is 9.94. The highest BCUT2D eigenvalue weighted by atomic mass is 32.2. The molecule has 142 valence electrons. The van der Waals surface area contributed by atoms with Crippen LogP contribution in [-0.2, 0) is 4.74 Å². The fraction of sp³-hybridized carbons (Fsp3) is 0.421. The van der Waals surface area contributed by atoms with Crippen LogP contribution in [0.2, 0.25) is 0 Å². The minimum atomic E-state index is -0.522. The van der Waals surface area contributed by atoms with Crippen LogP contribution in [0.15, 0.2) is 40.9 Å². The van der Waals surface area contributed by atoms with Crippen molar-refractivity contribution in [3.8, 4) is 0 Å². The van der Waals surface area contributed by atoms with Crippen LogP contribution >= 0.6 is 11.8 Å². The van der Waals surface area contributed by atoms with Gasteiger partial charge in [0, 0.05) is 12.0 Å². The third-order valence-corrected chi connectivity index (χ3v) is 5.27. The molecule has 1 saturated heterocycles. The van der Waals surface area contributed by atoms with E-state index in [4.69, 9.17) is 4.74 Å². The van der Waals surface area contributed by atoms with Gasteiger partial charge in [0.1, 0.15) is 5.60 Å². The Hall–Kier alpha value is -2.48. The molecule has 0 aliphatic carbocycles. The number of nitrogens with zero attached hydrogens (tertiary/aromatic N) is 4. The molecular formula is C19H23N5O2S. The van der Waals surface area contributed by atoms with Crippen molar-refractivity contribution in [1.29, 1.82) is 0 Å². The van der Waals surface area contributed by atoms with Crippen molar-refractivity contribution in [3.05, 3.63) is 47.1 Å². The maximum atomic E-state index is 12.6. The molecule has 27 heavy (non-hydrogen) atoms. The highest BCUT2D eigenvalue weighted by Crippen LogP contribution is 2.36. The van der Waals surface area contributed by atoms with Gasteiger partial charge in [0.25, 0.3) is 0 Å². The Kier molecular flexibility index (Phi) is 4.59. The zero-order chi connectivity index (χ0) is 19.0. The second-order valence-electron chi connectivity index (χ2n) is 7.64. The van der Waals surface area contributed by atoms with E-state index in [-0.39, 0.29) is 12.1 Å². The number of hydrogen-bond acceptors (Lipinski definition) is 6. The van der Waals surface area contributed by atoms with E-state index in [0.717, 1.165) is 35.1 Å². The Balaban J connectivity index is 1.58. The molecule has 0 unspecified atom stereocenters. The van der Waals surface area contributed by atoms with E-state index in [1.165, 1.54) is 11.8 Å². The third-order valence-electron chi connectivity index (χ3n) is 4.44. The molecule has 1 N–H and O–H groups in total. The van der Waals surface area contributed by atoms with Gasteiger partial charge >= 0.3 is 6.09 Å². The van der Waals surface area contributed by atoms with Gasteiger partial charge in [0.15, 0.2) is 5.82 Å². The van der Waals surface area contributed by atoms with E-state index in [1.807, 2.05) is 49.1 Å². The minimum Gasteiger partial charge on any atom is -0.444 e. The third kappa shape index (κ3) is 3.66. The van der Waals surface area contributed by atoms with Gasteiger partial charge in [-0.3, -0.25) is 10.3 Å². The number of fused-ring (bicyclic) bond motifs is 1. The second-order valence-corrected chi connectivity index (χ2v) is 8.47. The van der Waals surface area contributed by atoms with Crippen molar-refractivity contribution in [2.45, 2.75) is 50.4 Å². The van der Waals surface area contributed by atoms with Crippen LogP contribution in [0, 0.1) is 0 Å². The Morgan fingerprint density at radius 3 is 2.78 bits per heavy atom. The van der Waals surface area contributed by atoms with Crippen LogP contribution in [0.3, 0.4) is 0 Å². The molecular weight excluding hydrogens is 362 g/mol. The lowest BCUT2D eigenvalue weighted by Gasteiger charge is -2.29. The van der Waals surface area contributed by atoms with E-state index in [9.17, 15) is 4.79 Å². The van der Waals surface area contributed by atoms with Crippen LogP contribution in [-0.4, -0.2) is 38.0 Å². The van der Waals surface area contributed by atoms with Gasteiger partial charge in [-0.2, -0.15) is 0 Å². The summed E-state index contributed by atoms with van der Waals surface area (Å²) in [5.41, 5.74) is 4.95. The summed E-state index contributed by atoms with van der Waals surface area (Å²) in [6.07, 6.45) is 1.46. The Bertz CT molecular complexity index is 872. The summed E-state index contributed by atoms with van der Waals surface area (Å²) in [5, 5.41) is 11.5. The fourth-order valence-electron chi connectivity index (χ4n) is 3.26. The fourth-order valence-corrected chi connectivity index (χ4v) is 4.01. The quantitative estimate of drug-likeness (QED) is 0.842. The molecule has 1 aromatic carbocycles. The molecule has 3 heterocycles. The van der Waals surface area contributed by atoms with Crippen LogP contribution in [0.1, 0.15) is 51.0 Å². The van der Waals surface area contributed by atoms with Gasteiger partial charge in [0.05, 0.1) is 11.7 Å². The Labute approximate surface area is 162 Å². The number of hydrogen-bond donors (Lipinski definition) is 1. The van der Waals surface area contributed by atoms with Crippen LogP contribution < -0.4 is 5.43 Å². The molecule has 0 saturated carbocycles. The van der Waals surface area contributed by atoms with E-state index < -0.39 is 5.60 Å². The topological polar surface area (TPSA) is 72.3 Å². The van der Waals surface area contributed by atoms with Crippen LogP contribution in [0.25, 0.3) is 5.70 Å². The number of aromatic nitrogens is 3. The predicted octanol–water partition coefficient (Wildman–Crippen LogP) is 4.00. The number of nitrogens with one attached hydrogen (secondary N) is 1. The smallest absolute Gasteiger partial charge is 0.410 e. The molecule has 2 aliphatic heterocycles. The molecule has 0 bridgehead atoms. The molecule has 1 amide bonds. The summed E-state index contributed by atoms with van der Waals surface area (Å²) in [5.74, 6) is 0.738. The average molecular weight is 385 g/mol. The largest absolute Gasteiger partial charge is 0.444 e. The maximum Gasteiger partial charge on any atom is 0.410 e. The standard InChI is InChI=1S/C19H23N5O2S/c1-19(2,3)26-18(25)23-11-7-10-15(23)16-20-21-17-24(16)22-14(12-27-17)13-8-5-4-6-9-13/h4-6,8-9,12,15,22H,7,10-11H2,1-3H3/t15-/m1/s1. The number of likely N-dealkylation sites (tertiary alicyclic amines) is 1. The van der Waals surface area contributed by atoms with Gasteiger partial charge in [-0.25, -0.2) is 9.47 Å². The summed E-state index contributed by atoms with van der Waals surface area (Å²) in [4.78, 5) is 14.4. The van der Waals surface area contributed by atoms with Gasteiger partial charge in [-0.15, -0.1) is 10.2 Å². The van der Waals surface area contributed by atoms with Crippen molar-refractivity contribution >= 4 is 23.6 Å². The molecule has 8 heteroatoms. The molecule has 7 nitrogen and oxygen atoms in total. The van der Waals surface area contributed by atoms with E-state index in [0.29, 0.717) is 6.54 Å². The van der Waals surface area contributed by atoms with Gasteiger partial charge in [-0.05, 0) is 39.2 Å². The number of amides is 1. The lowest BCUT2D eigenvalue weighted by atomic mass is 10.2. The number of thioether (sulfide) groups is 1. The van der Waals surface area contributed by atoms with Crippen molar-refractivity contribution in [2.24, 2.45) is 0 Å². The molecule has 0 radical (unpaired) electrons. The number of ether oxygens (including phenoxy) is 1. The first-order valence-electron chi connectivity index (χ1n) is 9.06. The zero-order valence-electron chi connectivity index (χ0n) is 15.7. The molecule has 1 aromatic heterocycles. The Morgan fingerprint density at radius 2 is 2.04 bits per heavy atom. The molecule has 4 rings (SSSR count). The molecule has 2 aromatic rings.